The molecule has 0 heterocycles. The molecular weight excluding hydrogens is 214 g/mol. The van der Waals surface area contributed by atoms with Crippen molar-refractivity contribution in [3.8, 4) is 0 Å². The van der Waals surface area contributed by atoms with Gasteiger partial charge in [0.15, 0.2) is 0 Å². The molecule has 3 nitrogen and oxygen atoms in total. The summed E-state index contributed by atoms with van der Waals surface area (Å²) in [5.41, 5.74) is 0. The number of rotatable bonds is 3. The molecule has 2 bridgehead atoms. The van der Waals surface area contributed by atoms with E-state index >= 15 is 0 Å². The van der Waals surface area contributed by atoms with Crippen molar-refractivity contribution in [2.45, 2.75) is 44.6 Å². The lowest BCUT2D eigenvalue weighted by molar-refractivity contribution is -0.137. The van der Waals surface area contributed by atoms with Crippen molar-refractivity contribution in [2.75, 3.05) is 13.6 Å². The molecule has 3 fully saturated rings. The smallest absolute Gasteiger partial charge is 0.225 e. The Labute approximate surface area is 103 Å². The third kappa shape index (κ3) is 2.10. The predicted molar refractivity (Wildman–Crippen MR) is 65.3 cm³/mol. The Balaban J connectivity index is 1.51. The fourth-order valence-electron chi connectivity index (χ4n) is 4.16. The fraction of sp³-hybridized carbons (Fsp3) is 0.929. The number of nitrogens with zero attached hydrogens (tertiary/aromatic N) is 1. The molecule has 17 heavy (non-hydrogen) atoms. The lowest BCUT2D eigenvalue weighted by Gasteiger charge is -2.36. The van der Waals surface area contributed by atoms with Gasteiger partial charge in [0, 0.05) is 19.5 Å². The fourth-order valence-corrected chi connectivity index (χ4v) is 4.16. The normalized spacial score (nSPS) is 43.5. The van der Waals surface area contributed by atoms with Crippen LogP contribution >= 0.6 is 0 Å². The summed E-state index contributed by atoms with van der Waals surface area (Å²) in [6, 6.07) is 0. The zero-order valence-electron chi connectivity index (χ0n) is 10.6. The highest BCUT2D eigenvalue weighted by molar-refractivity contribution is 5.79. The van der Waals surface area contributed by atoms with Crippen molar-refractivity contribution >= 4 is 5.91 Å². The molecule has 0 spiro atoms. The predicted octanol–water partition coefficient (Wildman–Crippen LogP) is 1.65. The van der Waals surface area contributed by atoms with E-state index in [0.29, 0.717) is 23.7 Å². The SMILES string of the molecule is CN(CC1CC(O)C1)C(=O)C1CC2CCC1C2. The first-order valence-corrected chi connectivity index (χ1v) is 7.06. The number of hydrogen-bond acceptors (Lipinski definition) is 2. The van der Waals surface area contributed by atoms with Gasteiger partial charge in [0.2, 0.25) is 5.91 Å². The second-order valence-electron chi connectivity index (χ2n) is 6.49. The maximum atomic E-state index is 12.4. The molecule has 0 radical (unpaired) electrons. The van der Waals surface area contributed by atoms with Gasteiger partial charge in [-0.05, 0) is 49.9 Å². The summed E-state index contributed by atoms with van der Waals surface area (Å²) < 4.78 is 0. The minimum absolute atomic E-state index is 0.106. The number of fused-ring (bicyclic) bond motifs is 2. The standard InChI is InChI=1S/C14H23NO2/c1-15(8-10-5-12(16)6-10)14(17)13-7-9-2-3-11(13)4-9/h9-13,16H,2-8H2,1H3. The summed E-state index contributed by atoms with van der Waals surface area (Å²) in [5.74, 6) is 2.76. The maximum absolute atomic E-state index is 12.4. The molecule has 3 unspecified atom stereocenters. The summed E-state index contributed by atoms with van der Waals surface area (Å²) in [5, 5.41) is 9.26. The molecule has 1 N–H and O–H groups in total. The van der Waals surface area contributed by atoms with Crippen molar-refractivity contribution in [3.63, 3.8) is 0 Å². The summed E-state index contributed by atoms with van der Waals surface area (Å²) in [4.78, 5) is 14.3. The van der Waals surface area contributed by atoms with Crippen LogP contribution in [-0.4, -0.2) is 35.6 Å². The van der Waals surface area contributed by atoms with Crippen LogP contribution in [0.3, 0.4) is 0 Å². The topological polar surface area (TPSA) is 40.5 Å². The molecule has 0 saturated heterocycles. The van der Waals surface area contributed by atoms with Crippen molar-refractivity contribution < 1.29 is 9.90 Å². The van der Waals surface area contributed by atoms with Crippen molar-refractivity contribution in [1.82, 2.24) is 4.90 Å². The highest BCUT2D eigenvalue weighted by Crippen LogP contribution is 2.48. The van der Waals surface area contributed by atoms with Gasteiger partial charge in [-0.3, -0.25) is 4.79 Å². The van der Waals surface area contributed by atoms with Gasteiger partial charge in [0.25, 0.3) is 0 Å². The lowest BCUT2D eigenvalue weighted by atomic mass is 9.81. The van der Waals surface area contributed by atoms with E-state index in [0.717, 1.165) is 31.7 Å². The molecule has 0 aromatic heterocycles. The van der Waals surface area contributed by atoms with Crippen LogP contribution in [0.5, 0.6) is 0 Å². The van der Waals surface area contributed by atoms with E-state index in [1.165, 1.54) is 19.3 Å². The molecule has 3 aliphatic rings. The van der Waals surface area contributed by atoms with Crippen LogP contribution in [0.4, 0.5) is 0 Å². The number of amides is 1. The second-order valence-corrected chi connectivity index (χ2v) is 6.49. The monoisotopic (exact) mass is 237 g/mol. The summed E-state index contributed by atoms with van der Waals surface area (Å²) in [6.07, 6.45) is 6.73. The molecule has 0 aliphatic heterocycles. The van der Waals surface area contributed by atoms with Gasteiger partial charge in [-0.2, -0.15) is 0 Å². The van der Waals surface area contributed by atoms with Crippen molar-refractivity contribution in [3.05, 3.63) is 0 Å². The van der Waals surface area contributed by atoms with E-state index in [2.05, 4.69) is 0 Å². The molecule has 3 rings (SSSR count). The Kier molecular flexibility index (Phi) is 2.89. The number of hydrogen-bond donors (Lipinski definition) is 1. The molecular formula is C14H23NO2. The summed E-state index contributed by atoms with van der Waals surface area (Å²) in [6.45, 7) is 0.851. The van der Waals surface area contributed by atoms with Crippen LogP contribution in [0.1, 0.15) is 38.5 Å². The average Bonchev–Trinajstić information content (AvgIpc) is 2.87. The van der Waals surface area contributed by atoms with Gasteiger partial charge in [-0.15, -0.1) is 0 Å². The highest BCUT2D eigenvalue weighted by atomic mass is 16.3. The van der Waals surface area contributed by atoms with E-state index in [4.69, 9.17) is 0 Å². The van der Waals surface area contributed by atoms with Gasteiger partial charge in [0.05, 0.1) is 6.10 Å². The van der Waals surface area contributed by atoms with Crippen LogP contribution in [0.2, 0.25) is 0 Å². The first-order chi connectivity index (χ1) is 8.13. The van der Waals surface area contributed by atoms with E-state index in [9.17, 15) is 9.90 Å². The van der Waals surface area contributed by atoms with Crippen molar-refractivity contribution in [1.29, 1.82) is 0 Å². The third-order valence-corrected chi connectivity index (χ3v) is 5.17. The largest absolute Gasteiger partial charge is 0.393 e. The number of carbonyl (C=O) groups excluding carboxylic acids is 1. The first-order valence-electron chi connectivity index (χ1n) is 7.06. The summed E-state index contributed by atoms with van der Waals surface area (Å²) >= 11 is 0. The van der Waals surface area contributed by atoms with Gasteiger partial charge in [-0.25, -0.2) is 0 Å². The molecule has 3 heteroatoms. The Morgan fingerprint density at radius 1 is 1.24 bits per heavy atom. The van der Waals surface area contributed by atoms with Crippen molar-refractivity contribution in [2.24, 2.45) is 23.7 Å². The molecule has 1 amide bonds. The van der Waals surface area contributed by atoms with E-state index < -0.39 is 0 Å². The molecule has 3 aliphatic carbocycles. The van der Waals surface area contributed by atoms with Crippen LogP contribution in [0.25, 0.3) is 0 Å². The van der Waals surface area contributed by atoms with E-state index in [-0.39, 0.29) is 6.10 Å². The van der Waals surface area contributed by atoms with Gasteiger partial charge in [0.1, 0.15) is 0 Å². The highest BCUT2D eigenvalue weighted by Gasteiger charge is 2.44. The van der Waals surface area contributed by atoms with Gasteiger partial charge in [-0.1, -0.05) is 6.42 Å². The van der Waals surface area contributed by atoms with Crippen LogP contribution in [0, 0.1) is 23.7 Å². The molecule has 96 valence electrons. The first kappa shape index (κ1) is 11.5. The minimum Gasteiger partial charge on any atom is -0.393 e. The second kappa shape index (κ2) is 4.27. The zero-order chi connectivity index (χ0) is 12.0. The molecule has 0 aromatic carbocycles. The number of carbonyl (C=O) groups is 1. The van der Waals surface area contributed by atoms with Crippen LogP contribution in [0.15, 0.2) is 0 Å². The Morgan fingerprint density at radius 2 is 2.00 bits per heavy atom. The number of aliphatic hydroxyl groups excluding tert-OH is 1. The lowest BCUT2D eigenvalue weighted by Crippen LogP contribution is -2.42. The molecule has 3 saturated carbocycles. The third-order valence-electron chi connectivity index (χ3n) is 5.17. The van der Waals surface area contributed by atoms with Gasteiger partial charge >= 0.3 is 0 Å². The Morgan fingerprint density at radius 3 is 2.53 bits per heavy atom. The van der Waals surface area contributed by atoms with Crippen LogP contribution in [-0.2, 0) is 4.79 Å². The Bertz CT molecular complexity index is 311. The zero-order valence-corrected chi connectivity index (χ0v) is 10.6. The average molecular weight is 237 g/mol. The maximum Gasteiger partial charge on any atom is 0.225 e. The van der Waals surface area contributed by atoms with E-state index in [1.54, 1.807) is 0 Å². The molecule has 3 atom stereocenters. The summed E-state index contributed by atoms with van der Waals surface area (Å²) in [7, 11) is 1.94. The molecule has 0 aromatic rings. The quantitative estimate of drug-likeness (QED) is 0.811. The van der Waals surface area contributed by atoms with Gasteiger partial charge < -0.3 is 10.0 Å². The van der Waals surface area contributed by atoms with Crippen LogP contribution < -0.4 is 0 Å². The minimum atomic E-state index is -0.106. The Hall–Kier alpha value is -0.570. The van der Waals surface area contributed by atoms with E-state index in [1.807, 2.05) is 11.9 Å². The number of aliphatic hydroxyl groups is 1.